The minimum atomic E-state index is -0.455. The normalized spacial score (nSPS) is 17.4. The fraction of sp³-hybridized carbons (Fsp3) is 0.611. The summed E-state index contributed by atoms with van der Waals surface area (Å²) in [4.78, 5) is 6.75. The second kappa shape index (κ2) is 10.3. The van der Waals surface area contributed by atoms with E-state index in [0.717, 1.165) is 51.5 Å². The average Bonchev–Trinajstić information content (AvgIpc) is 2.61. The smallest absolute Gasteiger partial charge is 0.191 e. The summed E-state index contributed by atoms with van der Waals surface area (Å²) in [6.45, 7) is 10.2. The Morgan fingerprint density at radius 3 is 2.76 bits per heavy atom. The highest BCUT2D eigenvalue weighted by Crippen LogP contribution is 2.10. The molecule has 1 aliphatic heterocycles. The van der Waals surface area contributed by atoms with Crippen LogP contribution in [-0.2, 0) is 11.3 Å². The monoisotopic (exact) mass is 354 g/mol. The molecule has 1 heterocycles. The van der Waals surface area contributed by atoms with Gasteiger partial charge in [-0.15, -0.1) is 0 Å². The van der Waals surface area contributed by atoms with Gasteiger partial charge in [0.25, 0.3) is 0 Å². The first-order chi connectivity index (χ1) is 12.1. The lowest BCUT2D eigenvalue weighted by atomic mass is 10.1. The van der Waals surface area contributed by atoms with Crippen molar-refractivity contribution in [3.63, 3.8) is 0 Å². The maximum absolute atomic E-state index is 13.7. The fourth-order valence-corrected chi connectivity index (χ4v) is 2.73. The quantitative estimate of drug-likeness (QED) is 0.581. The Morgan fingerprint density at radius 1 is 1.28 bits per heavy atom. The number of nitrogens with zero attached hydrogens (tertiary/aromatic N) is 2. The first-order valence-electron chi connectivity index (χ1n) is 8.84. The van der Waals surface area contributed by atoms with Crippen molar-refractivity contribution in [1.29, 1.82) is 0 Å². The molecule has 0 bridgehead atoms. The van der Waals surface area contributed by atoms with E-state index in [1.807, 2.05) is 6.92 Å². The molecule has 140 valence electrons. The van der Waals surface area contributed by atoms with E-state index in [2.05, 4.69) is 27.4 Å². The van der Waals surface area contributed by atoms with Crippen LogP contribution >= 0.6 is 0 Å². The Kier molecular flexibility index (Phi) is 8.08. The molecule has 7 heteroatoms. The molecule has 2 rings (SSSR count). The summed E-state index contributed by atoms with van der Waals surface area (Å²) in [5, 5.41) is 6.41. The van der Waals surface area contributed by atoms with Gasteiger partial charge in [0.05, 0.1) is 19.8 Å². The van der Waals surface area contributed by atoms with E-state index < -0.39 is 11.6 Å². The first kappa shape index (κ1) is 19.6. The molecule has 1 aromatic rings. The van der Waals surface area contributed by atoms with Gasteiger partial charge in [0.2, 0.25) is 0 Å². The number of guanidine groups is 1. The van der Waals surface area contributed by atoms with Crippen LogP contribution in [0.2, 0.25) is 0 Å². The van der Waals surface area contributed by atoms with E-state index >= 15 is 0 Å². The lowest BCUT2D eigenvalue weighted by molar-refractivity contribution is 0.0320. The Balaban J connectivity index is 1.85. The number of benzene rings is 1. The van der Waals surface area contributed by atoms with Crippen LogP contribution in [0.15, 0.2) is 23.2 Å². The number of hydrogen-bond acceptors (Lipinski definition) is 3. The molecule has 0 aliphatic carbocycles. The number of morpholine rings is 1. The molecule has 0 saturated carbocycles. The van der Waals surface area contributed by atoms with Crippen molar-refractivity contribution in [2.24, 2.45) is 10.9 Å². The largest absolute Gasteiger partial charge is 0.379 e. The van der Waals surface area contributed by atoms with E-state index in [-0.39, 0.29) is 12.1 Å². The second-order valence-electron chi connectivity index (χ2n) is 6.33. The summed E-state index contributed by atoms with van der Waals surface area (Å²) in [5.74, 6) is 0.151. The van der Waals surface area contributed by atoms with Gasteiger partial charge < -0.3 is 15.4 Å². The van der Waals surface area contributed by atoms with Crippen LogP contribution in [-0.4, -0.2) is 56.8 Å². The third-order valence-electron chi connectivity index (χ3n) is 4.05. The Morgan fingerprint density at radius 2 is 2.04 bits per heavy atom. The molecule has 2 N–H and O–H groups in total. The van der Waals surface area contributed by atoms with E-state index in [4.69, 9.17) is 4.74 Å². The zero-order valence-electron chi connectivity index (χ0n) is 15.0. The highest BCUT2D eigenvalue weighted by molar-refractivity contribution is 5.79. The first-order valence-corrected chi connectivity index (χ1v) is 8.84. The maximum Gasteiger partial charge on any atom is 0.191 e. The molecule has 1 saturated heterocycles. The molecule has 0 spiro atoms. The van der Waals surface area contributed by atoms with Gasteiger partial charge in [0, 0.05) is 38.3 Å². The minimum Gasteiger partial charge on any atom is -0.379 e. The van der Waals surface area contributed by atoms with Gasteiger partial charge in [-0.25, -0.2) is 13.8 Å². The van der Waals surface area contributed by atoms with E-state index in [1.165, 1.54) is 6.07 Å². The number of aliphatic imine (C=N–C) groups is 1. The van der Waals surface area contributed by atoms with Crippen molar-refractivity contribution in [2.45, 2.75) is 20.4 Å². The van der Waals surface area contributed by atoms with Crippen molar-refractivity contribution in [3.05, 3.63) is 35.4 Å². The lowest BCUT2D eigenvalue weighted by Gasteiger charge is -2.29. The van der Waals surface area contributed by atoms with Crippen LogP contribution < -0.4 is 10.6 Å². The van der Waals surface area contributed by atoms with Crippen molar-refractivity contribution in [1.82, 2.24) is 15.5 Å². The maximum atomic E-state index is 13.7. The molecular weight excluding hydrogens is 326 g/mol. The third kappa shape index (κ3) is 6.96. The van der Waals surface area contributed by atoms with Crippen LogP contribution in [0.25, 0.3) is 0 Å². The number of nitrogens with one attached hydrogen (secondary N) is 2. The van der Waals surface area contributed by atoms with Crippen molar-refractivity contribution in [3.8, 4) is 0 Å². The molecule has 0 amide bonds. The standard InChI is InChI=1S/C18H28F2N4O/c1-3-21-18(23-12-15-10-16(19)4-5-17(15)20)22-11-14(2)13-24-6-8-25-9-7-24/h4-5,10,14H,3,6-9,11-13H2,1-2H3,(H2,21,22,23). The van der Waals surface area contributed by atoms with Crippen molar-refractivity contribution < 1.29 is 13.5 Å². The van der Waals surface area contributed by atoms with E-state index in [0.29, 0.717) is 18.4 Å². The molecule has 1 fully saturated rings. The van der Waals surface area contributed by atoms with E-state index in [1.54, 1.807) is 0 Å². The number of halogens is 2. The summed E-state index contributed by atoms with van der Waals surface area (Å²) < 4.78 is 32.3. The summed E-state index contributed by atoms with van der Waals surface area (Å²) in [7, 11) is 0. The predicted octanol–water partition coefficient (Wildman–Crippen LogP) is 1.99. The lowest BCUT2D eigenvalue weighted by Crippen LogP contribution is -2.44. The Labute approximate surface area is 148 Å². The molecule has 1 atom stereocenters. The van der Waals surface area contributed by atoms with Crippen molar-refractivity contribution in [2.75, 3.05) is 45.9 Å². The SMILES string of the molecule is CCNC(=NCc1cc(F)ccc1F)NCC(C)CN1CCOCC1. The van der Waals surface area contributed by atoms with Crippen LogP contribution in [0.3, 0.4) is 0 Å². The highest BCUT2D eigenvalue weighted by Gasteiger charge is 2.14. The predicted molar refractivity (Wildman–Crippen MR) is 95.6 cm³/mol. The summed E-state index contributed by atoms with van der Waals surface area (Å²) >= 11 is 0. The number of rotatable bonds is 7. The summed E-state index contributed by atoms with van der Waals surface area (Å²) in [6, 6.07) is 3.42. The molecular formula is C18H28F2N4O. The molecule has 5 nitrogen and oxygen atoms in total. The van der Waals surface area contributed by atoms with Crippen molar-refractivity contribution >= 4 is 5.96 Å². The molecule has 1 aliphatic rings. The van der Waals surface area contributed by atoms with Gasteiger partial charge in [-0.05, 0) is 31.0 Å². The molecule has 25 heavy (non-hydrogen) atoms. The average molecular weight is 354 g/mol. The molecule has 1 unspecified atom stereocenters. The highest BCUT2D eigenvalue weighted by atomic mass is 19.1. The van der Waals surface area contributed by atoms with Crippen LogP contribution in [0.5, 0.6) is 0 Å². The van der Waals surface area contributed by atoms with Crippen LogP contribution in [0, 0.1) is 17.6 Å². The van der Waals surface area contributed by atoms with Crippen LogP contribution in [0.4, 0.5) is 8.78 Å². The van der Waals surface area contributed by atoms with Gasteiger partial charge in [-0.3, -0.25) is 4.90 Å². The number of ether oxygens (including phenoxy) is 1. The zero-order chi connectivity index (χ0) is 18.1. The van der Waals surface area contributed by atoms with Gasteiger partial charge >= 0.3 is 0 Å². The number of hydrogen-bond donors (Lipinski definition) is 2. The second-order valence-corrected chi connectivity index (χ2v) is 6.33. The molecule has 0 radical (unpaired) electrons. The van der Waals surface area contributed by atoms with Gasteiger partial charge in [0.1, 0.15) is 11.6 Å². The fourth-order valence-electron chi connectivity index (χ4n) is 2.73. The molecule has 1 aromatic carbocycles. The van der Waals surface area contributed by atoms with Gasteiger partial charge in [-0.2, -0.15) is 0 Å². The van der Waals surface area contributed by atoms with Gasteiger partial charge in [-0.1, -0.05) is 6.92 Å². The van der Waals surface area contributed by atoms with E-state index in [9.17, 15) is 8.78 Å². The Hall–Kier alpha value is -1.73. The van der Waals surface area contributed by atoms with Gasteiger partial charge in [0.15, 0.2) is 5.96 Å². The third-order valence-corrected chi connectivity index (χ3v) is 4.05. The topological polar surface area (TPSA) is 48.9 Å². The Bertz CT molecular complexity index is 562. The molecule has 0 aromatic heterocycles. The summed E-state index contributed by atoms with van der Waals surface area (Å²) in [6.07, 6.45) is 0. The summed E-state index contributed by atoms with van der Waals surface area (Å²) in [5.41, 5.74) is 0.249. The minimum absolute atomic E-state index is 0.0940. The van der Waals surface area contributed by atoms with Crippen LogP contribution in [0.1, 0.15) is 19.4 Å². The zero-order valence-corrected chi connectivity index (χ0v) is 15.0.